The van der Waals surface area contributed by atoms with Gasteiger partial charge in [-0.3, -0.25) is 4.79 Å². The first kappa shape index (κ1) is 17.5. The molecule has 0 aliphatic carbocycles. The predicted octanol–water partition coefficient (Wildman–Crippen LogP) is 1.81. The molecule has 1 amide bonds. The fourth-order valence-corrected chi connectivity index (χ4v) is 3.74. The number of nitrogens with zero attached hydrogens (tertiary/aromatic N) is 4. The van der Waals surface area contributed by atoms with Gasteiger partial charge < -0.3 is 18.9 Å². The smallest absolute Gasteiger partial charge is 0.276 e. The van der Waals surface area contributed by atoms with E-state index in [1.807, 2.05) is 6.07 Å². The maximum Gasteiger partial charge on any atom is 0.276 e. The number of carbonyl (C=O) groups is 1. The lowest BCUT2D eigenvalue weighted by atomic mass is 9.91. The third kappa shape index (κ3) is 3.64. The number of ether oxygens (including phenoxy) is 2. The number of carbonyl (C=O) groups excluding carboxylic acids is 1. The van der Waals surface area contributed by atoms with Crippen molar-refractivity contribution in [3.63, 3.8) is 0 Å². The van der Waals surface area contributed by atoms with Gasteiger partial charge in [0.2, 0.25) is 5.88 Å². The van der Waals surface area contributed by atoms with E-state index in [0.717, 1.165) is 6.42 Å². The molecule has 2 saturated heterocycles. The standard InChI is InChI=1S/C19H20N4O4/c1-12-6-16(22-27-12)19(24)23-9-15-14(11-26-17(15)10-23)4-5-25-18-3-2-13(7-20)8-21-18/h2-3,6,8,14-15,17H,4-5,9-11H2,1H3/t14-,15-,17-/m0/s1. The van der Waals surface area contributed by atoms with Crippen LogP contribution in [0.25, 0.3) is 0 Å². The van der Waals surface area contributed by atoms with Gasteiger partial charge in [0.15, 0.2) is 5.69 Å². The number of aromatic nitrogens is 2. The van der Waals surface area contributed by atoms with Crippen molar-refractivity contribution < 1.29 is 18.8 Å². The fourth-order valence-electron chi connectivity index (χ4n) is 3.74. The van der Waals surface area contributed by atoms with Gasteiger partial charge in [0, 0.05) is 37.3 Å². The molecule has 2 aromatic rings. The summed E-state index contributed by atoms with van der Waals surface area (Å²) in [5.41, 5.74) is 0.853. The number of hydrogen-bond donors (Lipinski definition) is 0. The summed E-state index contributed by atoms with van der Waals surface area (Å²) >= 11 is 0. The largest absolute Gasteiger partial charge is 0.478 e. The third-order valence-corrected chi connectivity index (χ3v) is 5.18. The van der Waals surface area contributed by atoms with E-state index < -0.39 is 0 Å². The van der Waals surface area contributed by atoms with Crippen LogP contribution in [0.2, 0.25) is 0 Å². The van der Waals surface area contributed by atoms with E-state index in [1.54, 1.807) is 30.0 Å². The van der Waals surface area contributed by atoms with Gasteiger partial charge in [-0.05, 0) is 25.3 Å². The average Bonchev–Trinajstić information content (AvgIpc) is 3.38. The molecule has 0 radical (unpaired) electrons. The molecule has 4 heterocycles. The zero-order valence-corrected chi connectivity index (χ0v) is 15.0. The summed E-state index contributed by atoms with van der Waals surface area (Å²) in [7, 11) is 0. The molecule has 2 aliphatic heterocycles. The quantitative estimate of drug-likeness (QED) is 0.793. The molecule has 0 spiro atoms. The van der Waals surface area contributed by atoms with Crippen LogP contribution in [-0.4, -0.2) is 53.4 Å². The summed E-state index contributed by atoms with van der Waals surface area (Å²) in [5, 5.41) is 12.6. The highest BCUT2D eigenvalue weighted by Gasteiger charge is 2.45. The van der Waals surface area contributed by atoms with Crippen molar-refractivity contribution in [2.24, 2.45) is 11.8 Å². The highest BCUT2D eigenvalue weighted by molar-refractivity contribution is 5.92. The minimum atomic E-state index is -0.110. The maximum atomic E-state index is 12.5. The van der Waals surface area contributed by atoms with Gasteiger partial charge in [-0.25, -0.2) is 4.98 Å². The van der Waals surface area contributed by atoms with E-state index in [-0.39, 0.29) is 12.0 Å². The zero-order chi connectivity index (χ0) is 18.8. The van der Waals surface area contributed by atoms with Gasteiger partial charge >= 0.3 is 0 Å². The molecule has 0 unspecified atom stereocenters. The van der Waals surface area contributed by atoms with E-state index in [2.05, 4.69) is 10.1 Å². The first-order valence-electron chi connectivity index (χ1n) is 8.97. The molecule has 8 nitrogen and oxygen atoms in total. The molecule has 0 bridgehead atoms. The van der Waals surface area contributed by atoms with Crippen molar-refractivity contribution in [2.75, 3.05) is 26.3 Å². The molecule has 2 fully saturated rings. The van der Waals surface area contributed by atoms with E-state index in [9.17, 15) is 4.79 Å². The molecule has 8 heteroatoms. The Bertz CT molecular complexity index is 857. The Labute approximate surface area is 156 Å². The van der Waals surface area contributed by atoms with Crippen LogP contribution >= 0.6 is 0 Å². The van der Waals surface area contributed by atoms with Crippen LogP contribution in [0.15, 0.2) is 28.9 Å². The van der Waals surface area contributed by atoms with E-state index in [1.165, 1.54) is 6.20 Å². The number of likely N-dealkylation sites (tertiary alicyclic amines) is 1. The van der Waals surface area contributed by atoms with Crippen LogP contribution in [0.1, 0.15) is 28.2 Å². The second-order valence-corrected chi connectivity index (χ2v) is 6.96. The third-order valence-electron chi connectivity index (χ3n) is 5.18. The maximum absolute atomic E-state index is 12.5. The molecule has 0 N–H and O–H groups in total. The summed E-state index contributed by atoms with van der Waals surface area (Å²) in [6.45, 7) is 4.22. The first-order valence-corrected chi connectivity index (χ1v) is 8.97. The number of aryl methyl sites for hydroxylation is 1. The summed E-state index contributed by atoms with van der Waals surface area (Å²) in [6, 6.07) is 7.07. The number of amides is 1. The number of hydrogen-bond acceptors (Lipinski definition) is 7. The molecular weight excluding hydrogens is 348 g/mol. The molecule has 0 aromatic carbocycles. The normalized spacial score (nSPS) is 23.9. The van der Waals surface area contributed by atoms with Crippen LogP contribution in [-0.2, 0) is 4.74 Å². The molecule has 2 aliphatic rings. The minimum Gasteiger partial charge on any atom is -0.478 e. The van der Waals surface area contributed by atoms with Gasteiger partial charge in [0.05, 0.1) is 24.9 Å². The molecule has 4 rings (SSSR count). The Hall–Kier alpha value is -2.92. The van der Waals surface area contributed by atoms with E-state index in [4.69, 9.17) is 19.3 Å². The first-order chi connectivity index (χ1) is 13.1. The summed E-state index contributed by atoms with van der Waals surface area (Å²) in [4.78, 5) is 18.4. The molecule has 140 valence electrons. The van der Waals surface area contributed by atoms with E-state index in [0.29, 0.717) is 61.0 Å². The van der Waals surface area contributed by atoms with Crippen LogP contribution in [0, 0.1) is 30.1 Å². The van der Waals surface area contributed by atoms with Crippen molar-refractivity contribution in [1.82, 2.24) is 15.0 Å². The van der Waals surface area contributed by atoms with E-state index >= 15 is 0 Å². The number of pyridine rings is 1. The van der Waals surface area contributed by atoms with Gasteiger partial charge in [-0.1, -0.05) is 5.16 Å². The average molecular weight is 368 g/mol. The van der Waals surface area contributed by atoms with Crippen molar-refractivity contribution in [2.45, 2.75) is 19.4 Å². The van der Waals surface area contributed by atoms with Gasteiger partial charge in [-0.2, -0.15) is 5.26 Å². The number of nitriles is 1. The molecule has 3 atom stereocenters. The summed E-state index contributed by atoms with van der Waals surface area (Å²) in [5.74, 6) is 1.67. The number of fused-ring (bicyclic) bond motifs is 1. The second kappa shape index (κ2) is 7.37. The van der Waals surface area contributed by atoms with Crippen LogP contribution in [0.5, 0.6) is 5.88 Å². The second-order valence-electron chi connectivity index (χ2n) is 6.96. The molecule has 27 heavy (non-hydrogen) atoms. The minimum absolute atomic E-state index is 0.0694. The van der Waals surface area contributed by atoms with Crippen LogP contribution < -0.4 is 4.74 Å². The Morgan fingerprint density at radius 1 is 1.44 bits per heavy atom. The molecule has 0 saturated carbocycles. The summed E-state index contributed by atoms with van der Waals surface area (Å²) in [6.07, 6.45) is 2.39. The lowest BCUT2D eigenvalue weighted by Crippen LogP contribution is -2.31. The van der Waals surface area contributed by atoms with Crippen molar-refractivity contribution in [1.29, 1.82) is 5.26 Å². The van der Waals surface area contributed by atoms with Crippen molar-refractivity contribution >= 4 is 5.91 Å². The van der Waals surface area contributed by atoms with Gasteiger partial charge in [-0.15, -0.1) is 0 Å². The zero-order valence-electron chi connectivity index (χ0n) is 15.0. The highest BCUT2D eigenvalue weighted by Crippen LogP contribution is 2.36. The highest BCUT2D eigenvalue weighted by atomic mass is 16.5. The van der Waals surface area contributed by atoms with Gasteiger partial charge in [0.1, 0.15) is 11.8 Å². The summed E-state index contributed by atoms with van der Waals surface area (Å²) < 4.78 is 16.6. The predicted molar refractivity (Wildman–Crippen MR) is 92.9 cm³/mol. The Morgan fingerprint density at radius 2 is 2.33 bits per heavy atom. The lowest BCUT2D eigenvalue weighted by molar-refractivity contribution is 0.0663. The molecule has 2 aromatic heterocycles. The van der Waals surface area contributed by atoms with Crippen LogP contribution in [0.3, 0.4) is 0 Å². The Morgan fingerprint density at radius 3 is 3.04 bits per heavy atom. The van der Waals surface area contributed by atoms with Gasteiger partial charge in [0.25, 0.3) is 5.91 Å². The monoisotopic (exact) mass is 368 g/mol. The number of rotatable bonds is 5. The lowest BCUT2D eigenvalue weighted by Gasteiger charge is -2.19. The topological polar surface area (TPSA) is 101 Å². The Balaban J connectivity index is 1.29. The Kier molecular flexibility index (Phi) is 4.77. The van der Waals surface area contributed by atoms with Crippen molar-refractivity contribution in [3.05, 3.63) is 41.4 Å². The molecular formula is C19H20N4O4. The fraction of sp³-hybridized carbons (Fsp3) is 0.474. The van der Waals surface area contributed by atoms with Crippen LogP contribution in [0.4, 0.5) is 0 Å². The van der Waals surface area contributed by atoms with Crippen molar-refractivity contribution in [3.8, 4) is 11.9 Å². The SMILES string of the molecule is Cc1cc(C(=O)N2C[C@H]3[C@@H](CCOc4ccc(C#N)cn4)CO[C@H]3C2)no1.